The first kappa shape index (κ1) is 24.3. The number of piperidine rings is 1. The Bertz CT molecular complexity index is 1140. The van der Waals surface area contributed by atoms with Crippen LogP contribution >= 0.6 is 0 Å². The summed E-state index contributed by atoms with van der Waals surface area (Å²) in [7, 11) is -1.63. The minimum absolute atomic E-state index is 0.0460. The number of ether oxygens (including phenoxy) is 2. The van der Waals surface area contributed by atoms with Crippen molar-refractivity contribution in [1.82, 2.24) is 4.31 Å². The Labute approximate surface area is 190 Å². The molecule has 1 aliphatic heterocycles. The van der Waals surface area contributed by atoms with Gasteiger partial charge in [0.2, 0.25) is 15.9 Å². The summed E-state index contributed by atoms with van der Waals surface area (Å²) in [6.45, 7) is 0.0920. The van der Waals surface area contributed by atoms with Gasteiger partial charge in [-0.15, -0.1) is 0 Å². The van der Waals surface area contributed by atoms with Gasteiger partial charge in [-0.05, 0) is 43.2 Å². The van der Waals surface area contributed by atoms with Crippen molar-refractivity contribution >= 4 is 33.6 Å². The normalized spacial score (nSPS) is 15.0. The van der Waals surface area contributed by atoms with E-state index in [1.807, 2.05) is 0 Å². The number of hydrogen-bond donors (Lipinski definition) is 1. The first-order valence-corrected chi connectivity index (χ1v) is 11.5. The van der Waals surface area contributed by atoms with Gasteiger partial charge in [0.15, 0.2) is 0 Å². The summed E-state index contributed by atoms with van der Waals surface area (Å²) in [5, 5.41) is 2.66. The molecule has 0 bridgehead atoms. The minimum atomic E-state index is -4.01. The monoisotopic (exact) mass is 478 g/mol. The van der Waals surface area contributed by atoms with E-state index in [9.17, 15) is 27.2 Å². The van der Waals surface area contributed by atoms with Gasteiger partial charge in [-0.25, -0.2) is 22.4 Å². The van der Waals surface area contributed by atoms with Crippen LogP contribution in [0.3, 0.4) is 0 Å². The summed E-state index contributed by atoms with van der Waals surface area (Å²) in [4.78, 5) is 36.2. The molecule has 1 saturated heterocycles. The highest BCUT2D eigenvalue weighted by Gasteiger charge is 2.33. The zero-order chi connectivity index (χ0) is 24.2. The first-order chi connectivity index (χ1) is 15.7. The summed E-state index contributed by atoms with van der Waals surface area (Å²) in [5.74, 6) is -3.12. The number of nitrogens with one attached hydrogen (secondary N) is 1. The highest BCUT2D eigenvalue weighted by atomic mass is 32.2. The molecule has 0 spiro atoms. The van der Waals surface area contributed by atoms with E-state index in [0.29, 0.717) is 0 Å². The molecule has 33 heavy (non-hydrogen) atoms. The summed E-state index contributed by atoms with van der Waals surface area (Å²) >= 11 is 0. The van der Waals surface area contributed by atoms with E-state index < -0.39 is 44.5 Å². The van der Waals surface area contributed by atoms with Crippen LogP contribution in [-0.2, 0) is 24.3 Å². The summed E-state index contributed by atoms with van der Waals surface area (Å²) < 4.78 is 50.0. The van der Waals surface area contributed by atoms with E-state index in [1.54, 1.807) is 0 Å². The van der Waals surface area contributed by atoms with E-state index in [2.05, 4.69) is 14.8 Å². The predicted molar refractivity (Wildman–Crippen MR) is 116 cm³/mol. The molecule has 0 unspecified atom stereocenters. The van der Waals surface area contributed by atoms with Crippen LogP contribution in [0.2, 0.25) is 0 Å². The molecule has 1 amide bonds. The quantitative estimate of drug-likeness (QED) is 0.634. The molecule has 1 fully saturated rings. The molecule has 0 atom stereocenters. The largest absolute Gasteiger partial charge is 0.465 e. The Morgan fingerprint density at radius 2 is 1.52 bits per heavy atom. The molecule has 9 nitrogen and oxygen atoms in total. The molecule has 1 N–H and O–H groups in total. The van der Waals surface area contributed by atoms with E-state index in [4.69, 9.17) is 0 Å². The molecule has 0 aromatic heterocycles. The van der Waals surface area contributed by atoms with Gasteiger partial charge < -0.3 is 14.8 Å². The molecule has 3 rings (SSSR count). The maximum Gasteiger partial charge on any atom is 0.337 e. The Balaban J connectivity index is 1.71. The number of nitrogens with zero attached hydrogens (tertiary/aromatic N) is 1. The van der Waals surface area contributed by atoms with Crippen LogP contribution in [0, 0.1) is 11.7 Å². The van der Waals surface area contributed by atoms with E-state index in [0.717, 1.165) is 10.4 Å². The van der Waals surface area contributed by atoms with Crippen LogP contribution in [0.15, 0.2) is 47.4 Å². The van der Waals surface area contributed by atoms with Crippen molar-refractivity contribution in [3.05, 3.63) is 59.4 Å². The highest BCUT2D eigenvalue weighted by Crippen LogP contribution is 2.26. The molecular weight excluding hydrogens is 455 g/mol. The molecule has 1 aliphatic rings. The maximum absolute atomic E-state index is 14.0. The fourth-order valence-corrected chi connectivity index (χ4v) is 5.10. The Hall–Kier alpha value is -3.31. The number of esters is 2. The van der Waals surface area contributed by atoms with Crippen molar-refractivity contribution in [2.45, 2.75) is 17.7 Å². The van der Waals surface area contributed by atoms with Gasteiger partial charge in [0.25, 0.3) is 0 Å². The predicted octanol–water partition coefficient (Wildman–Crippen LogP) is 2.44. The second-order valence-electron chi connectivity index (χ2n) is 7.38. The number of methoxy groups -OCH3 is 2. The van der Waals surface area contributed by atoms with Gasteiger partial charge in [0.05, 0.1) is 25.3 Å². The van der Waals surface area contributed by atoms with Gasteiger partial charge in [0, 0.05) is 24.7 Å². The lowest BCUT2D eigenvalue weighted by Gasteiger charge is -2.30. The Kier molecular flexibility index (Phi) is 7.44. The molecule has 176 valence electrons. The summed E-state index contributed by atoms with van der Waals surface area (Å²) in [5.41, 5.74) is 0.313. The zero-order valence-electron chi connectivity index (χ0n) is 18.0. The molecule has 2 aromatic rings. The number of carbonyl (C=O) groups is 3. The van der Waals surface area contributed by atoms with Crippen molar-refractivity contribution in [3.8, 4) is 0 Å². The lowest BCUT2D eigenvalue weighted by atomic mass is 9.97. The van der Waals surface area contributed by atoms with Crippen molar-refractivity contribution < 1.29 is 36.7 Å². The SMILES string of the molecule is COC(=O)c1cc(NC(=O)C2CCN(S(=O)(=O)c3ccccc3F)CC2)cc(C(=O)OC)c1. The number of rotatable bonds is 6. The third kappa shape index (κ3) is 5.37. The molecule has 1 heterocycles. The number of sulfonamides is 1. The topological polar surface area (TPSA) is 119 Å². The second-order valence-corrected chi connectivity index (χ2v) is 9.29. The van der Waals surface area contributed by atoms with Crippen LogP contribution in [-0.4, -0.2) is 57.9 Å². The standard InChI is InChI=1S/C22H23FN2O7S/c1-31-21(27)15-11-16(22(28)32-2)13-17(12-15)24-20(26)14-7-9-25(10-8-14)33(29,30)19-6-4-3-5-18(19)23/h3-6,11-14H,7-10H2,1-2H3,(H,24,26). The molecule has 0 radical (unpaired) electrons. The number of anilines is 1. The number of halogens is 1. The lowest BCUT2D eigenvalue weighted by Crippen LogP contribution is -2.41. The van der Waals surface area contributed by atoms with E-state index in [1.165, 1.54) is 50.6 Å². The van der Waals surface area contributed by atoms with Crippen molar-refractivity contribution in [3.63, 3.8) is 0 Å². The Morgan fingerprint density at radius 1 is 0.970 bits per heavy atom. The van der Waals surface area contributed by atoms with Gasteiger partial charge in [-0.2, -0.15) is 4.31 Å². The molecule has 0 saturated carbocycles. The lowest BCUT2D eigenvalue weighted by molar-refractivity contribution is -0.120. The summed E-state index contributed by atoms with van der Waals surface area (Å²) in [6, 6.07) is 9.17. The number of amides is 1. The fraction of sp³-hybridized carbons (Fsp3) is 0.318. The molecule has 0 aliphatic carbocycles. The summed E-state index contributed by atoms with van der Waals surface area (Å²) in [6.07, 6.45) is 0.445. The van der Waals surface area contributed by atoms with Gasteiger partial charge in [-0.1, -0.05) is 12.1 Å². The van der Waals surface area contributed by atoms with Crippen LogP contribution in [0.5, 0.6) is 0 Å². The van der Waals surface area contributed by atoms with Gasteiger partial charge >= 0.3 is 11.9 Å². The average Bonchev–Trinajstić information content (AvgIpc) is 2.82. The smallest absolute Gasteiger partial charge is 0.337 e. The third-order valence-electron chi connectivity index (χ3n) is 5.32. The minimum Gasteiger partial charge on any atom is -0.465 e. The van der Waals surface area contributed by atoms with Crippen LogP contribution in [0.1, 0.15) is 33.6 Å². The van der Waals surface area contributed by atoms with Gasteiger partial charge in [0.1, 0.15) is 10.7 Å². The second kappa shape index (κ2) is 10.1. The zero-order valence-corrected chi connectivity index (χ0v) is 18.9. The number of benzene rings is 2. The average molecular weight is 478 g/mol. The first-order valence-electron chi connectivity index (χ1n) is 10.0. The van der Waals surface area contributed by atoms with E-state index >= 15 is 0 Å². The van der Waals surface area contributed by atoms with Crippen molar-refractivity contribution in [2.24, 2.45) is 5.92 Å². The van der Waals surface area contributed by atoms with Crippen LogP contribution in [0.25, 0.3) is 0 Å². The molecular formula is C22H23FN2O7S. The fourth-order valence-electron chi connectivity index (χ4n) is 3.57. The highest BCUT2D eigenvalue weighted by molar-refractivity contribution is 7.89. The van der Waals surface area contributed by atoms with Crippen LogP contribution in [0.4, 0.5) is 10.1 Å². The van der Waals surface area contributed by atoms with Gasteiger partial charge in [-0.3, -0.25) is 4.79 Å². The number of carbonyl (C=O) groups excluding carboxylic acids is 3. The molecule has 11 heteroatoms. The molecule has 2 aromatic carbocycles. The maximum atomic E-state index is 14.0. The Morgan fingerprint density at radius 3 is 2.03 bits per heavy atom. The third-order valence-corrected chi connectivity index (χ3v) is 7.25. The van der Waals surface area contributed by atoms with Crippen molar-refractivity contribution in [2.75, 3.05) is 32.6 Å². The number of hydrogen-bond acceptors (Lipinski definition) is 7. The van der Waals surface area contributed by atoms with Crippen molar-refractivity contribution in [1.29, 1.82) is 0 Å². The van der Waals surface area contributed by atoms with E-state index in [-0.39, 0.29) is 42.7 Å². The van der Waals surface area contributed by atoms with Crippen LogP contribution < -0.4 is 5.32 Å².